The Kier molecular flexibility index (Phi) is 6.80. The molecular formula is C28H33N5O4. The number of hydrogen-bond donors (Lipinski definition) is 2. The third-order valence-corrected chi connectivity index (χ3v) is 7.63. The van der Waals surface area contributed by atoms with Crippen molar-refractivity contribution in [2.75, 3.05) is 50.8 Å². The highest BCUT2D eigenvalue weighted by Crippen LogP contribution is 2.34. The Morgan fingerprint density at radius 1 is 1.05 bits per heavy atom. The van der Waals surface area contributed by atoms with E-state index in [1.54, 1.807) is 6.20 Å². The minimum atomic E-state index is -0.853. The molecule has 3 aliphatic rings. The minimum absolute atomic E-state index is 0.0184. The van der Waals surface area contributed by atoms with Gasteiger partial charge in [-0.1, -0.05) is 6.07 Å². The first-order valence-electron chi connectivity index (χ1n) is 13.2. The van der Waals surface area contributed by atoms with E-state index in [0.29, 0.717) is 37.8 Å². The average molecular weight is 504 g/mol. The lowest BCUT2D eigenvalue weighted by Crippen LogP contribution is -2.48. The molecule has 3 atom stereocenters. The van der Waals surface area contributed by atoms with Crippen LogP contribution in [0.5, 0.6) is 11.5 Å². The molecule has 0 unspecified atom stereocenters. The second-order valence-electron chi connectivity index (χ2n) is 10.1. The fourth-order valence-electron chi connectivity index (χ4n) is 5.57. The van der Waals surface area contributed by atoms with Gasteiger partial charge in [-0.25, -0.2) is 0 Å². The van der Waals surface area contributed by atoms with E-state index in [1.165, 1.54) is 0 Å². The van der Waals surface area contributed by atoms with Gasteiger partial charge in [0, 0.05) is 25.8 Å². The molecule has 6 rings (SSSR count). The van der Waals surface area contributed by atoms with Crippen molar-refractivity contribution in [2.45, 2.75) is 31.4 Å². The van der Waals surface area contributed by atoms with Crippen molar-refractivity contribution in [3.63, 3.8) is 0 Å². The summed E-state index contributed by atoms with van der Waals surface area (Å²) in [7, 11) is 0. The van der Waals surface area contributed by atoms with Crippen molar-refractivity contribution in [2.24, 2.45) is 5.92 Å². The van der Waals surface area contributed by atoms with Crippen LogP contribution in [0.25, 0.3) is 11.0 Å². The molecule has 0 radical (unpaired) electrons. The summed E-state index contributed by atoms with van der Waals surface area (Å²) in [6.07, 6.45) is 5.81. The summed E-state index contributed by atoms with van der Waals surface area (Å²) in [6, 6.07) is 11.0. The van der Waals surface area contributed by atoms with Crippen LogP contribution in [-0.4, -0.2) is 77.9 Å². The van der Waals surface area contributed by atoms with E-state index in [0.717, 1.165) is 61.2 Å². The van der Waals surface area contributed by atoms with Crippen LogP contribution in [0.2, 0.25) is 0 Å². The molecule has 1 amide bonds. The molecule has 0 spiro atoms. The molecule has 1 aromatic carbocycles. The summed E-state index contributed by atoms with van der Waals surface area (Å²) in [5.41, 5.74) is 3.40. The zero-order valence-electron chi connectivity index (χ0n) is 20.9. The monoisotopic (exact) mass is 503 g/mol. The summed E-state index contributed by atoms with van der Waals surface area (Å²) >= 11 is 0. The molecule has 3 aromatic rings. The highest BCUT2D eigenvalue weighted by Gasteiger charge is 2.33. The number of hydrogen-bond acceptors (Lipinski definition) is 8. The van der Waals surface area contributed by atoms with Crippen LogP contribution in [0.3, 0.4) is 0 Å². The van der Waals surface area contributed by atoms with Gasteiger partial charge < -0.3 is 29.7 Å². The predicted molar refractivity (Wildman–Crippen MR) is 140 cm³/mol. The second-order valence-corrected chi connectivity index (χ2v) is 10.1. The van der Waals surface area contributed by atoms with E-state index in [1.807, 2.05) is 42.6 Å². The van der Waals surface area contributed by atoms with E-state index < -0.39 is 12.1 Å². The zero-order valence-corrected chi connectivity index (χ0v) is 20.9. The van der Waals surface area contributed by atoms with Gasteiger partial charge in [-0.2, -0.15) is 0 Å². The largest absolute Gasteiger partial charge is 0.486 e. The maximum absolute atomic E-state index is 13.4. The Bertz CT molecular complexity index is 1260. The number of amides is 1. The van der Waals surface area contributed by atoms with E-state index >= 15 is 0 Å². The van der Waals surface area contributed by atoms with Crippen molar-refractivity contribution in [1.29, 1.82) is 0 Å². The molecule has 9 nitrogen and oxygen atoms in total. The number of aliphatic hydroxyl groups is 1. The number of pyridine rings is 2. The van der Waals surface area contributed by atoms with Crippen molar-refractivity contribution in [3.8, 4) is 11.5 Å². The molecule has 2 fully saturated rings. The van der Waals surface area contributed by atoms with Gasteiger partial charge in [0.2, 0.25) is 5.91 Å². The normalized spacial score (nSPS) is 21.2. The standard InChI is InChI=1S/C28H33N5O4/c34-27(19-5-6-25-26(14-19)37-13-12-36-25)24(18-32-9-1-2-10-32)31-28(35)20-7-11-33(17-20)21-15-23-22(30-16-21)4-3-8-29-23/h3-6,8,14-16,20,24,27,34H,1-2,7,9-13,17-18H2,(H,31,35)/t20-,24+,27+/m0/s1. The maximum atomic E-state index is 13.4. The summed E-state index contributed by atoms with van der Waals surface area (Å²) in [4.78, 5) is 26.9. The molecule has 2 saturated heterocycles. The number of carbonyl (C=O) groups is 1. The van der Waals surface area contributed by atoms with Crippen LogP contribution in [0.15, 0.2) is 48.8 Å². The first-order chi connectivity index (χ1) is 18.1. The van der Waals surface area contributed by atoms with Crippen molar-refractivity contribution in [3.05, 3.63) is 54.4 Å². The van der Waals surface area contributed by atoms with Gasteiger partial charge in [-0.3, -0.25) is 14.8 Å². The molecule has 2 N–H and O–H groups in total. The van der Waals surface area contributed by atoms with Crippen LogP contribution in [0, 0.1) is 5.92 Å². The summed E-state index contributed by atoms with van der Waals surface area (Å²) < 4.78 is 11.4. The molecule has 0 aliphatic carbocycles. The number of rotatable bonds is 7. The number of nitrogens with zero attached hydrogens (tertiary/aromatic N) is 4. The van der Waals surface area contributed by atoms with Gasteiger partial charge in [0.05, 0.1) is 34.9 Å². The summed E-state index contributed by atoms with van der Waals surface area (Å²) in [5, 5.41) is 14.6. The third kappa shape index (κ3) is 5.19. The molecule has 194 valence electrons. The Labute approximate surface area is 216 Å². The molecule has 5 heterocycles. The van der Waals surface area contributed by atoms with E-state index in [9.17, 15) is 9.90 Å². The van der Waals surface area contributed by atoms with E-state index in [2.05, 4.69) is 25.1 Å². The Morgan fingerprint density at radius 3 is 2.76 bits per heavy atom. The predicted octanol–water partition coefficient (Wildman–Crippen LogP) is 2.54. The van der Waals surface area contributed by atoms with Crippen LogP contribution in [-0.2, 0) is 4.79 Å². The number of nitrogens with one attached hydrogen (secondary N) is 1. The van der Waals surface area contributed by atoms with Crippen LogP contribution in [0.1, 0.15) is 30.9 Å². The van der Waals surface area contributed by atoms with Crippen molar-refractivity contribution < 1.29 is 19.4 Å². The van der Waals surface area contributed by atoms with E-state index in [4.69, 9.17) is 9.47 Å². The second kappa shape index (κ2) is 10.5. The molecule has 0 saturated carbocycles. The fraction of sp³-hybridized carbons (Fsp3) is 0.464. The third-order valence-electron chi connectivity index (χ3n) is 7.63. The molecule has 0 bridgehead atoms. The van der Waals surface area contributed by atoms with Gasteiger partial charge in [-0.05, 0) is 68.2 Å². The first kappa shape index (κ1) is 23.9. The molecule has 2 aromatic heterocycles. The molecular weight excluding hydrogens is 470 g/mol. The number of aliphatic hydroxyl groups excluding tert-OH is 1. The number of anilines is 1. The number of ether oxygens (including phenoxy) is 2. The van der Waals surface area contributed by atoms with Crippen LogP contribution >= 0.6 is 0 Å². The van der Waals surface area contributed by atoms with Gasteiger partial charge in [-0.15, -0.1) is 0 Å². The van der Waals surface area contributed by atoms with Gasteiger partial charge in [0.25, 0.3) is 0 Å². The minimum Gasteiger partial charge on any atom is -0.486 e. The molecule has 37 heavy (non-hydrogen) atoms. The zero-order chi connectivity index (χ0) is 25.2. The Morgan fingerprint density at radius 2 is 1.89 bits per heavy atom. The molecule has 3 aliphatic heterocycles. The van der Waals surface area contributed by atoms with E-state index in [-0.39, 0.29) is 11.8 Å². The van der Waals surface area contributed by atoms with Crippen molar-refractivity contribution >= 4 is 22.6 Å². The van der Waals surface area contributed by atoms with Crippen LogP contribution in [0.4, 0.5) is 5.69 Å². The topological polar surface area (TPSA) is 100 Å². The van der Waals surface area contributed by atoms with Crippen LogP contribution < -0.4 is 19.7 Å². The number of likely N-dealkylation sites (tertiary alicyclic amines) is 1. The Hall–Kier alpha value is -3.43. The number of aromatic nitrogens is 2. The SMILES string of the molecule is O=C(N[C@H](CN1CCCC1)[C@H](O)c1ccc2c(c1)OCCO2)[C@H]1CCN(c2cnc3cccnc3c2)C1. The highest BCUT2D eigenvalue weighted by atomic mass is 16.6. The van der Waals surface area contributed by atoms with Gasteiger partial charge >= 0.3 is 0 Å². The smallest absolute Gasteiger partial charge is 0.225 e. The lowest BCUT2D eigenvalue weighted by Gasteiger charge is -2.30. The average Bonchev–Trinajstić information content (AvgIpc) is 3.64. The first-order valence-corrected chi connectivity index (χ1v) is 13.2. The summed E-state index contributed by atoms with van der Waals surface area (Å²) in [6.45, 7) is 4.98. The number of fused-ring (bicyclic) bond motifs is 2. The molecule has 9 heteroatoms. The van der Waals surface area contributed by atoms with Gasteiger partial charge in [0.15, 0.2) is 11.5 Å². The summed E-state index contributed by atoms with van der Waals surface area (Å²) in [5.74, 6) is 1.15. The Balaban J connectivity index is 1.15. The lowest BCUT2D eigenvalue weighted by atomic mass is 9.99. The maximum Gasteiger partial charge on any atom is 0.225 e. The number of benzene rings is 1. The van der Waals surface area contributed by atoms with Crippen molar-refractivity contribution in [1.82, 2.24) is 20.2 Å². The highest BCUT2D eigenvalue weighted by molar-refractivity contribution is 5.81. The lowest BCUT2D eigenvalue weighted by molar-refractivity contribution is -0.126. The van der Waals surface area contributed by atoms with Gasteiger partial charge in [0.1, 0.15) is 19.3 Å². The quantitative estimate of drug-likeness (QED) is 0.508. The number of carbonyl (C=O) groups excluding carboxylic acids is 1. The fourth-order valence-corrected chi connectivity index (χ4v) is 5.57.